The molecule has 1 aliphatic rings. The number of aryl methyl sites for hydroxylation is 1. The number of aliphatic hydroxyl groups is 4. The number of allylic oxidation sites excluding steroid dienone is 1. The summed E-state index contributed by atoms with van der Waals surface area (Å²) in [5.74, 6) is -0.798. The lowest BCUT2D eigenvalue weighted by molar-refractivity contribution is -0.0910. The number of ketones is 1. The van der Waals surface area contributed by atoms with Gasteiger partial charge < -0.3 is 34.7 Å². The molecule has 1 aliphatic heterocycles. The van der Waals surface area contributed by atoms with Crippen LogP contribution >= 0.6 is 11.8 Å². The number of carbonyl (C=O) groups is 1. The summed E-state index contributed by atoms with van der Waals surface area (Å²) in [6.45, 7) is 1.26. The zero-order chi connectivity index (χ0) is 23.7. The van der Waals surface area contributed by atoms with Gasteiger partial charge in [-0.15, -0.1) is 11.8 Å². The summed E-state index contributed by atoms with van der Waals surface area (Å²) in [5.41, 5.74) is 0.911. The van der Waals surface area contributed by atoms with Crippen molar-refractivity contribution in [1.29, 1.82) is 0 Å². The number of benzene rings is 2. The molecular formula is C24H24O8S. The van der Waals surface area contributed by atoms with Crippen molar-refractivity contribution in [3.05, 3.63) is 65.4 Å². The molecular weight excluding hydrogens is 448 g/mol. The molecule has 3 aromatic rings. The largest absolute Gasteiger partial charge is 0.507 e. The molecule has 0 spiro atoms. The zero-order valence-electron chi connectivity index (χ0n) is 17.7. The SMILES string of the molecule is Cc1cc(O)c(C(=O)/C=C/c2ccc3occc3c2)c(O[C@H]2S[C@@H](CO)[C@@H](O)[C@H](O)[C@H]2O)c1. The number of fused-ring (bicyclic) bond motifs is 1. The second-order valence-electron chi connectivity index (χ2n) is 7.89. The van der Waals surface area contributed by atoms with E-state index in [0.717, 1.165) is 28.3 Å². The number of phenolic OH excluding ortho intramolecular Hbond substituents is 1. The fourth-order valence-electron chi connectivity index (χ4n) is 3.71. The van der Waals surface area contributed by atoms with Crippen molar-refractivity contribution in [1.82, 2.24) is 0 Å². The molecule has 1 saturated heterocycles. The average Bonchev–Trinajstić information content (AvgIpc) is 3.25. The Labute approximate surface area is 193 Å². The number of furan rings is 1. The third-order valence-electron chi connectivity index (χ3n) is 5.47. The fraction of sp³-hybridized carbons (Fsp3) is 0.292. The smallest absolute Gasteiger partial charge is 0.193 e. The Morgan fingerprint density at radius 3 is 2.67 bits per heavy atom. The summed E-state index contributed by atoms with van der Waals surface area (Å²) in [6, 6.07) is 10.2. The van der Waals surface area contributed by atoms with E-state index in [1.807, 2.05) is 12.1 Å². The monoisotopic (exact) mass is 472 g/mol. The molecule has 2 aromatic carbocycles. The van der Waals surface area contributed by atoms with Gasteiger partial charge in [0, 0.05) is 5.39 Å². The first kappa shape index (κ1) is 23.3. The summed E-state index contributed by atoms with van der Waals surface area (Å²) < 4.78 is 11.1. The fourth-order valence-corrected chi connectivity index (χ4v) is 4.94. The molecule has 0 saturated carbocycles. The Morgan fingerprint density at radius 2 is 1.91 bits per heavy atom. The van der Waals surface area contributed by atoms with Gasteiger partial charge in [0.25, 0.3) is 0 Å². The van der Waals surface area contributed by atoms with Crippen LogP contribution in [0.2, 0.25) is 0 Å². The van der Waals surface area contributed by atoms with Crippen LogP contribution in [-0.4, -0.2) is 66.9 Å². The quantitative estimate of drug-likeness (QED) is 0.270. The van der Waals surface area contributed by atoms with Crippen LogP contribution in [0.1, 0.15) is 21.5 Å². The van der Waals surface area contributed by atoms with E-state index >= 15 is 0 Å². The molecule has 0 amide bonds. The number of aromatic hydroxyl groups is 1. The molecule has 0 radical (unpaired) electrons. The van der Waals surface area contributed by atoms with E-state index in [0.29, 0.717) is 5.56 Å². The third kappa shape index (κ3) is 4.78. The molecule has 1 aromatic heterocycles. The molecule has 5 N–H and O–H groups in total. The van der Waals surface area contributed by atoms with E-state index in [-0.39, 0.29) is 17.1 Å². The van der Waals surface area contributed by atoms with Crippen molar-refractivity contribution in [2.45, 2.75) is 35.9 Å². The molecule has 4 rings (SSSR count). The summed E-state index contributed by atoms with van der Waals surface area (Å²) in [5, 5.41) is 50.5. The van der Waals surface area contributed by atoms with Crippen LogP contribution in [0, 0.1) is 6.92 Å². The minimum atomic E-state index is -1.54. The topological polar surface area (TPSA) is 141 Å². The Kier molecular flexibility index (Phi) is 6.78. The second-order valence-corrected chi connectivity index (χ2v) is 9.23. The van der Waals surface area contributed by atoms with E-state index in [1.54, 1.807) is 31.4 Å². The zero-order valence-corrected chi connectivity index (χ0v) is 18.5. The molecule has 174 valence electrons. The summed E-state index contributed by atoms with van der Waals surface area (Å²) in [4.78, 5) is 13.0. The van der Waals surface area contributed by atoms with Crippen molar-refractivity contribution < 1.29 is 39.5 Å². The van der Waals surface area contributed by atoms with Crippen LogP contribution in [0.25, 0.3) is 17.0 Å². The maximum absolute atomic E-state index is 13.0. The molecule has 1 fully saturated rings. The number of ether oxygens (including phenoxy) is 1. The number of hydrogen-bond donors (Lipinski definition) is 5. The van der Waals surface area contributed by atoms with Crippen LogP contribution in [0.15, 0.2) is 53.2 Å². The predicted octanol–water partition coefficient (Wildman–Crippen LogP) is 2.24. The summed E-state index contributed by atoms with van der Waals surface area (Å²) in [6.07, 6.45) is 0.130. The number of rotatable bonds is 6. The van der Waals surface area contributed by atoms with Gasteiger partial charge in [-0.2, -0.15) is 0 Å². The highest BCUT2D eigenvalue weighted by molar-refractivity contribution is 8.00. The van der Waals surface area contributed by atoms with Crippen molar-refractivity contribution in [2.24, 2.45) is 0 Å². The van der Waals surface area contributed by atoms with E-state index < -0.39 is 41.4 Å². The Bertz CT molecular complexity index is 1180. The number of aliphatic hydroxyl groups excluding tert-OH is 4. The van der Waals surface area contributed by atoms with Crippen LogP contribution in [0.5, 0.6) is 11.5 Å². The molecule has 2 heterocycles. The van der Waals surface area contributed by atoms with Crippen molar-refractivity contribution in [3.8, 4) is 11.5 Å². The van der Waals surface area contributed by atoms with Crippen LogP contribution < -0.4 is 4.74 Å². The van der Waals surface area contributed by atoms with Gasteiger partial charge >= 0.3 is 0 Å². The van der Waals surface area contributed by atoms with E-state index in [9.17, 15) is 30.3 Å². The number of hydrogen-bond acceptors (Lipinski definition) is 9. The van der Waals surface area contributed by atoms with Gasteiger partial charge in [0.05, 0.1) is 24.2 Å². The molecule has 0 aliphatic carbocycles. The van der Waals surface area contributed by atoms with Gasteiger partial charge in [0.1, 0.15) is 34.9 Å². The lowest BCUT2D eigenvalue weighted by Crippen LogP contribution is -2.55. The number of carbonyl (C=O) groups excluding carboxylic acids is 1. The molecule has 9 heteroatoms. The van der Waals surface area contributed by atoms with Crippen molar-refractivity contribution in [3.63, 3.8) is 0 Å². The lowest BCUT2D eigenvalue weighted by atomic mass is 10.0. The minimum Gasteiger partial charge on any atom is -0.507 e. The Hall–Kier alpha value is -2.82. The number of phenols is 1. The van der Waals surface area contributed by atoms with Gasteiger partial charge in [0.2, 0.25) is 0 Å². The van der Waals surface area contributed by atoms with E-state index in [2.05, 4.69) is 0 Å². The highest BCUT2D eigenvalue weighted by Gasteiger charge is 2.44. The number of thioether (sulfide) groups is 1. The first-order valence-corrected chi connectivity index (χ1v) is 11.2. The first-order chi connectivity index (χ1) is 15.8. The predicted molar refractivity (Wildman–Crippen MR) is 123 cm³/mol. The van der Waals surface area contributed by atoms with Gasteiger partial charge in [-0.25, -0.2) is 0 Å². The van der Waals surface area contributed by atoms with Crippen LogP contribution in [0.4, 0.5) is 0 Å². The highest BCUT2D eigenvalue weighted by Crippen LogP contribution is 2.38. The van der Waals surface area contributed by atoms with E-state index in [4.69, 9.17) is 9.15 Å². The highest BCUT2D eigenvalue weighted by atomic mass is 32.2. The minimum absolute atomic E-state index is 0.0178. The van der Waals surface area contributed by atoms with Gasteiger partial charge in [-0.05, 0) is 54.5 Å². The molecule has 33 heavy (non-hydrogen) atoms. The van der Waals surface area contributed by atoms with Crippen molar-refractivity contribution >= 4 is 34.6 Å². The van der Waals surface area contributed by atoms with E-state index in [1.165, 1.54) is 18.2 Å². The maximum Gasteiger partial charge on any atom is 0.193 e. The summed E-state index contributed by atoms with van der Waals surface area (Å²) >= 11 is 0.939. The Morgan fingerprint density at radius 1 is 1.12 bits per heavy atom. The standard InChI is InChI=1S/C24H24O8S/c1-12-8-16(27)20(15(26)4-2-13-3-5-17-14(10-13)6-7-31-17)18(9-12)32-24-23(30)22(29)21(28)19(11-25)33-24/h2-10,19,21-25,27-30H,11H2,1H3/b4-2+/t19-,21+,22-,23+,24-/m0/s1. The maximum atomic E-state index is 13.0. The van der Waals surface area contributed by atoms with Crippen LogP contribution in [-0.2, 0) is 0 Å². The van der Waals surface area contributed by atoms with Crippen LogP contribution in [0.3, 0.4) is 0 Å². The molecule has 5 atom stereocenters. The molecule has 0 bridgehead atoms. The molecule has 8 nitrogen and oxygen atoms in total. The van der Waals surface area contributed by atoms with Gasteiger partial charge in [-0.1, -0.05) is 12.1 Å². The lowest BCUT2D eigenvalue weighted by Gasteiger charge is -2.39. The van der Waals surface area contributed by atoms with Crippen molar-refractivity contribution in [2.75, 3.05) is 6.61 Å². The summed E-state index contributed by atoms with van der Waals surface area (Å²) in [7, 11) is 0. The normalized spacial score (nSPS) is 25.5. The average molecular weight is 473 g/mol. The van der Waals surface area contributed by atoms with Gasteiger partial charge in [0.15, 0.2) is 11.2 Å². The second kappa shape index (κ2) is 9.58. The Balaban J connectivity index is 1.61. The third-order valence-corrected chi connectivity index (χ3v) is 6.89. The first-order valence-electron chi connectivity index (χ1n) is 10.3. The molecule has 0 unspecified atom stereocenters. The van der Waals surface area contributed by atoms with Gasteiger partial charge in [-0.3, -0.25) is 4.79 Å².